The second kappa shape index (κ2) is 6.57. The van der Waals surface area contributed by atoms with Crippen molar-refractivity contribution in [2.24, 2.45) is 0 Å². The highest BCUT2D eigenvalue weighted by atomic mass is 19.2. The average molecular weight is 368 g/mol. The fourth-order valence-corrected chi connectivity index (χ4v) is 3.19. The van der Waals surface area contributed by atoms with Crippen LogP contribution in [0.15, 0.2) is 36.4 Å². The molecule has 1 saturated heterocycles. The van der Waals surface area contributed by atoms with Gasteiger partial charge in [0.1, 0.15) is 0 Å². The number of carbonyl (C=O) groups is 1. The molecule has 138 valence electrons. The lowest BCUT2D eigenvalue weighted by Crippen LogP contribution is -2.59. The summed E-state index contributed by atoms with van der Waals surface area (Å²) in [6.07, 6.45) is 0. The van der Waals surface area contributed by atoms with Crippen molar-refractivity contribution in [1.29, 1.82) is 0 Å². The number of nitrogens with one attached hydrogen (secondary N) is 1. The van der Waals surface area contributed by atoms with Crippen LogP contribution in [0.2, 0.25) is 0 Å². The van der Waals surface area contributed by atoms with Gasteiger partial charge >= 0.3 is 0 Å². The molecule has 1 amide bonds. The summed E-state index contributed by atoms with van der Waals surface area (Å²) in [5, 5.41) is 12.1. The number of anilines is 1. The molecule has 0 saturated carbocycles. The lowest BCUT2D eigenvalue weighted by atomic mass is 10.0. The molecule has 1 aliphatic heterocycles. The monoisotopic (exact) mass is 368 g/mol. The Labute approximate surface area is 155 Å². The molecule has 0 unspecified atom stereocenters. The van der Waals surface area contributed by atoms with E-state index < -0.39 is 11.6 Å². The summed E-state index contributed by atoms with van der Waals surface area (Å²) in [5.41, 5.74) is 3.76. The highest BCUT2D eigenvalue weighted by molar-refractivity contribution is 5.98. The van der Waals surface area contributed by atoms with Gasteiger partial charge in [0.15, 0.2) is 11.6 Å². The molecule has 3 aromatic rings. The molecule has 7 heteroatoms. The van der Waals surface area contributed by atoms with Gasteiger partial charge in [0.25, 0.3) is 5.91 Å². The number of rotatable bonds is 3. The number of fused-ring (bicyclic) bond motifs is 1. The van der Waals surface area contributed by atoms with Crippen LogP contribution in [0.4, 0.5) is 14.5 Å². The van der Waals surface area contributed by atoms with E-state index in [0.29, 0.717) is 24.3 Å². The van der Waals surface area contributed by atoms with Crippen LogP contribution in [0.1, 0.15) is 21.6 Å². The Morgan fingerprint density at radius 2 is 1.85 bits per heavy atom. The summed E-state index contributed by atoms with van der Waals surface area (Å²) >= 11 is 0. The maximum atomic E-state index is 13.3. The van der Waals surface area contributed by atoms with Crippen LogP contribution in [0.25, 0.3) is 10.9 Å². The third-order valence-corrected chi connectivity index (χ3v) is 5.00. The summed E-state index contributed by atoms with van der Waals surface area (Å²) in [6.45, 7) is 4.94. The van der Waals surface area contributed by atoms with Gasteiger partial charge in [0, 0.05) is 35.8 Å². The lowest BCUT2D eigenvalue weighted by Gasteiger charge is -2.41. The average Bonchev–Trinajstić information content (AvgIpc) is 2.63. The fraction of sp³-hybridized carbons (Fsp3) is 0.250. The van der Waals surface area contributed by atoms with E-state index in [1.54, 1.807) is 12.1 Å². The fourth-order valence-electron chi connectivity index (χ4n) is 3.19. The molecule has 0 spiro atoms. The number of hydrogen-bond donors (Lipinski definition) is 1. The highest BCUT2D eigenvalue weighted by Gasteiger charge is 2.29. The summed E-state index contributed by atoms with van der Waals surface area (Å²) in [5.74, 6) is -1.90. The highest BCUT2D eigenvalue weighted by Crippen LogP contribution is 2.24. The molecular weight excluding hydrogens is 350 g/mol. The zero-order valence-corrected chi connectivity index (χ0v) is 15.0. The molecule has 2 heterocycles. The first-order valence-corrected chi connectivity index (χ1v) is 8.67. The van der Waals surface area contributed by atoms with Crippen molar-refractivity contribution in [2.45, 2.75) is 19.9 Å². The van der Waals surface area contributed by atoms with Gasteiger partial charge in [-0.3, -0.25) is 4.79 Å². The Hall–Kier alpha value is -3.09. The molecule has 0 atom stereocenters. The van der Waals surface area contributed by atoms with E-state index in [2.05, 4.69) is 15.5 Å². The minimum atomic E-state index is -0.870. The largest absolute Gasteiger partial charge is 0.367 e. The quantitative estimate of drug-likeness (QED) is 0.772. The summed E-state index contributed by atoms with van der Waals surface area (Å²) in [6, 6.07) is 9.12. The zero-order chi connectivity index (χ0) is 19.1. The number of benzene rings is 2. The molecular formula is C20H18F2N4O. The van der Waals surface area contributed by atoms with Gasteiger partial charge in [0.05, 0.1) is 17.3 Å². The Bertz CT molecular complexity index is 1050. The topological polar surface area (TPSA) is 58.1 Å². The zero-order valence-electron chi connectivity index (χ0n) is 15.0. The molecule has 5 nitrogen and oxygen atoms in total. The normalized spacial score (nSPS) is 14.3. The van der Waals surface area contributed by atoms with Crippen LogP contribution < -0.4 is 10.2 Å². The maximum absolute atomic E-state index is 13.3. The number of amides is 1. The second-order valence-electron chi connectivity index (χ2n) is 6.82. The number of nitrogens with zero attached hydrogens (tertiary/aromatic N) is 3. The Kier molecular flexibility index (Phi) is 4.22. The Morgan fingerprint density at radius 3 is 2.59 bits per heavy atom. The van der Waals surface area contributed by atoms with Crippen LogP contribution >= 0.6 is 0 Å². The molecule has 2 aromatic carbocycles. The molecule has 0 aliphatic carbocycles. The number of aryl methyl sites for hydroxylation is 2. The smallest absolute Gasteiger partial charge is 0.251 e. The standard InChI is InChI=1S/C20H18F2N4O/c1-11-12(2)24-25-19-6-3-13(7-16(11)19)20(27)23-14-9-26(10-14)15-4-5-17(21)18(22)8-15/h3-8,14H,9-10H2,1-2H3,(H,23,27). The molecule has 1 aliphatic rings. The van der Waals surface area contributed by atoms with Gasteiger partial charge in [-0.05, 0) is 49.7 Å². The van der Waals surface area contributed by atoms with Crippen LogP contribution in [-0.4, -0.2) is 35.2 Å². The van der Waals surface area contributed by atoms with E-state index in [4.69, 9.17) is 0 Å². The molecule has 0 radical (unpaired) electrons. The van der Waals surface area contributed by atoms with Crippen molar-refractivity contribution >= 4 is 22.5 Å². The summed E-state index contributed by atoms with van der Waals surface area (Å²) in [4.78, 5) is 14.4. The van der Waals surface area contributed by atoms with Gasteiger partial charge in [-0.15, -0.1) is 0 Å². The first kappa shape index (κ1) is 17.3. The molecule has 4 rings (SSSR count). The van der Waals surface area contributed by atoms with Crippen LogP contribution in [0.3, 0.4) is 0 Å². The van der Waals surface area contributed by atoms with Crippen molar-refractivity contribution in [3.05, 3.63) is 64.9 Å². The number of aromatic nitrogens is 2. The number of carbonyl (C=O) groups excluding carboxylic acids is 1. The minimum Gasteiger partial charge on any atom is -0.367 e. The lowest BCUT2D eigenvalue weighted by molar-refractivity contribution is 0.0930. The van der Waals surface area contributed by atoms with Crippen molar-refractivity contribution < 1.29 is 13.6 Å². The summed E-state index contributed by atoms with van der Waals surface area (Å²) < 4.78 is 26.4. The molecule has 1 aromatic heterocycles. The molecule has 0 bridgehead atoms. The minimum absolute atomic E-state index is 0.0419. The predicted molar refractivity (Wildman–Crippen MR) is 98.8 cm³/mol. The van der Waals surface area contributed by atoms with E-state index in [9.17, 15) is 13.6 Å². The SMILES string of the molecule is Cc1nnc2ccc(C(=O)NC3CN(c4ccc(F)c(F)c4)C3)cc2c1C. The van der Waals surface area contributed by atoms with E-state index in [1.807, 2.05) is 24.8 Å². The van der Waals surface area contributed by atoms with Crippen molar-refractivity contribution in [1.82, 2.24) is 15.5 Å². The van der Waals surface area contributed by atoms with E-state index in [1.165, 1.54) is 12.1 Å². The molecule has 1 fully saturated rings. The first-order chi connectivity index (χ1) is 12.9. The molecule has 27 heavy (non-hydrogen) atoms. The number of hydrogen-bond acceptors (Lipinski definition) is 4. The predicted octanol–water partition coefficient (Wildman–Crippen LogP) is 3.14. The second-order valence-corrected chi connectivity index (χ2v) is 6.82. The molecule has 1 N–H and O–H groups in total. The van der Waals surface area contributed by atoms with E-state index in [0.717, 1.165) is 28.2 Å². The van der Waals surface area contributed by atoms with Gasteiger partial charge in [-0.1, -0.05) is 0 Å². The van der Waals surface area contributed by atoms with Crippen LogP contribution in [0, 0.1) is 25.5 Å². The van der Waals surface area contributed by atoms with Crippen LogP contribution in [0.5, 0.6) is 0 Å². The third kappa shape index (κ3) is 3.20. The number of halogens is 2. The van der Waals surface area contributed by atoms with Crippen molar-refractivity contribution in [3.63, 3.8) is 0 Å². The first-order valence-electron chi connectivity index (χ1n) is 8.67. The van der Waals surface area contributed by atoms with Gasteiger partial charge in [-0.2, -0.15) is 10.2 Å². The van der Waals surface area contributed by atoms with Crippen molar-refractivity contribution in [2.75, 3.05) is 18.0 Å². The van der Waals surface area contributed by atoms with E-state index >= 15 is 0 Å². The van der Waals surface area contributed by atoms with Gasteiger partial charge < -0.3 is 10.2 Å². The maximum Gasteiger partial charge on any atom is 0.251 e. The van der Waals surface area contributed by atoms with Gasteiger partial charge in [0.2, 0.25) is 0 Å². The summed E-state index contributed by atoms with van der Waals surface area (Å²) in [7, 11) is 0. The third-order valence-electron chi connectivity index (χ3n) is 5.00. The Morgan fingerprint density at radius 1 is 1.07 bits per heavy atom. The van der Waals surface area contributed by atoms with Crippen molar-refractivity contribution in [3.8, 4) is 0 Å². The van der Waals surface area contributed by atoms with Crippen LogP contribution in [-0.2, 0) is 0 Å². The van der Waals surface area contributed by atoms with Gasteiger partial charge in [-0.25, -0.2) is 8.78 Å². The Balaban J connectivity index is 1.44. The van der Waals surface area contributed by atoms with E-state index in [-0.39, 0.29) is 11.9 Å².